The number of nitrogens with zero attached hydrogens (tertiary/aromatic N) is 1. The van der Waals surface area contributed by atoms with Gasteiger partial charge in [-0.25, -0.2) is 4.79 Å². The summed E-state index contributed by atoms with van der Waals surface area (Å²) < 4.78 is 10.3. The highest BCUT2D eigenvalue weighted by molar-refractivity contribution is 5.84. The highest BCUT2D eigenvalue weighted by atomic mass is 16.5. The second-order valence-electron chi connectivity index (χ2n) is 5.88. The quantitative estimate of drug-likeness (QED) is 0.753. The summed E-state index contributed by atoms with van der Waals surface area (Å²) >= 11 is 0. The summed E-state index contributed by atoms with van der Waals surface area (Å²) in [6.07, 6.45) is 1.70. The number of hydrogen-bond acceptors (Lipinski definition) is 4. The summed E-state index contributed by atoms with van der Waals surface area (Å²) in [6, 6.07) is 17.6. The standard InChI is InChI=1S/C20H26N2O3/c1-22(14-6-9-17-7-4-3-5-8-17)15-16-25-20(23)21-18-10-12-19(24-2)13-11-18/h3-5,7-8,10-13H,6,9,14-16H2,1-2H3,(H,21,23). The maximum atomic E-state index is 11.8. The summed E-state index contributed by atoms with van der Waals surface area (Å²) in [7, 11) is 3.64. The summed E-state index contributed by atoms with van der Waals surface area (Å²) in [5.74, 6) is 0.746. The molecule has 5 nitrogen and oxygen atoms in total. The molecule has 0 saturated carbocycles. The molecule has 1 amide bonds. The van der Waals surface area contributed by atoms with E-state index in [4.69, 9.17) is 9.47 Å². The van der Waals surface area contributed by atoms with E-state index in [1.807, 2.05) is 13.1 Å². The molecule has 1 N–H and O–H groups in total. The number of likely N-dealkylation sites (N-methyl/N-ethyl adjacent to an activating group) is 1. The number of hydrogen-bond donors (Lipinski definition) is 1. The molecule has 0 aliphatic carbocycles. The molecule has 0 unspecified atom stereocenters. The molecule has 5 heteroatoms. The SMILES string of the molecule is COc1ccc(NC(=O)OCCN(C)CCCc2ccccc2)cc1. The Bertz CT molecular complexity index is 629. The average molecular weight is 342 g/mol. The van der Waals surface area contributed by atoms with E-state index in [2.05, 4.69) is 34.5 Å². The molecule has 2 aromatic rings. The van der Waals surface area contributed by atoms with Crippen molar-refractivity contribution in [3.63, 3.8) is 0 Å². The summed E-state index contributed by atoms with van der Waals surface area (Å²) in [6.45, 7) is 2.05. The van der Waals surface area contributed by atoms with Gasteiger partial charge in [-0.2, -0.15) is 0 Å². The average Bonchev–Trinajstić information content (AvgIpc) is 2.63. The Hall–Kier alpha value is -2.53. The van der Waals surface area contributed by atoms with E-state index in [0.29, 0.717) is 18.8 Å². The third kappa shape index (κ3) is 7.27. The van der Waals surface area contributed by atoms with Gasteiger partial charge in [0.05, 0.1) is 7.11 Å². The highest BCUT2D eigenvalue weighted by Gasteiger charge is 2.05. The topological polar surface area (TPSA) is 50.8 Å². The minimum absolute atomic E-state index is 0.365. The third-order valence-corrected chi connectivity index (χ3v) is 3.89. The number of benzene rings is 2. The van der Waals surface area contributed by atoms with Crippen molar-refractivity contribution < 1.29 is 14.3 Å². The van der Waals surface area contributed by atoms with E-state index >= 15 is 0 Å². The fourth-order valence-electron chi connectivity index (χ4n) is 2.43. The van der Waals surface area contributed by atoms with Crippen molar-refractivity contribution in [2.75, 3.05) is 39.2 Å². The fraction of sp³-hybridized carbons (Fsp3) is 0.350. The van der Waals surface area contributed by atoms with Gasteiger partial charge < -0.3 is 14.4 Å². The molecule has 0 saturated heterocycles. The van der Waals surface area contributed by atoms with Gasteiger partial charge in [0.2, 0.25) is 0 Å². The number of methoxy groups -OCH3 is 1. The molecule has 0 bridgehead atoms. The second-order valence-corrected chi connectivity index (χ2v) is 5.88. The first-order valence-corrected chi connectivity index (χ1v) is 8.47. The van der Waals surface area contributed by atoms with Crippen LogP contribution in [0.4, 0.5) is 10.5 Å². The van der Waals surface area contributed by atoms with Crippen LogP contribution in [0.15, 0.2) is 54.6 Å². The number of ether oxygens (including phenoxy) is 2. The van der Waals surface area contributed by atoms with Gasteiger partial charge in [0.15, 0.2) is 0 Å². The van der Waals surface area contributed by atoms with Crippen molar-refractivity contribution in [1.82, 2.24) is 4.90 Å². The number of rotatable bonds is 9. The van der Waals surface area contributed by atoms with Crippen molar-refractivity contribution in [1.29, 1.82) is 0 Å². The third-order valence-electron chi connectivity index (χ3n) is 3.89. The van der Waals surface area contributed by atoms with E-state index in [1.54, 1.807) is 31.4 Å². The van der Waals surface area contributed by atoms with Crippen molar-refractivity contribution in [2.45, 2.75) is 12.8 Å². The monoisotopic (exact) mass is 342 g/mol. The van der Waals surface area contributed by atoms with Gasteiger partial charge in [-0.3, -0.25) is 5.32 Å². The molecule has 2 rings (SSSR count). The molecule has 0 atom stereocenters. The van der Waals surface area contributed by atoms with Crippen LogP contribution in [0.1, 0.15) is 12.0 Å². The number of anilines is 1. The van der Waals surface area contributed by atoms with Crippen LogP contribution in [0.2, 0.25) is 0 Å². The zero-order valence-corrected chi connectivity index (χ0v) is 14.9. The molecule has 0 radical (unpaired) electrons. The molecule has 0 spiro atoms. The molecule has 0 aromatic heterocycles. The minimum Gasteiger partial charge on any atom is -0.497 e. The summed E-state index contributed by atoms with van der Waals surface area (Å²) in [5.41, 5.74) is 2.04. The number of amides is 1. The summed E-state index contributed by atoms with van der Waals surface area (Å²) in [5, 5.41) is 2.70. The first-order valence-electron chi connectivity index (χ1n) is 8.47. The zero-order chi connectivity index (χ0) is 17.9. The number of carbonyl (C=O) groups is 1. The maximum absolute atomic E-state index is 11.8. The first kappa shape index (κ1) is 18.8. The van der Waals surface area contributed by atoms with E-state index < -0.39 is 6.09 Å². The summed E-state index contributed by atoms with van der Waals surface area (Å²) in [4.78, 5) is 13.9. The lowest BCUT2D eigenvalue weighted by atomic mass is 10.1. The maximum Gasteiger partial charge on any atom is 0.411 e. The Kier molecular flexibility index (Phi) is 7.79. The van der Waals surface area contributed by atoms with Crippen LogP contribution >= 0.6 is 0 Å². The van der Waals surface area contributed by atoms with Crippen molar-refractivity contribution in [3.05, 3.63) is 60.2 Å². The van der Waals surface area contributed by atoms with Crippen LogP contribution in [0.3, 0.4) is 0 Å². The highest BCUT2D eigenvalue weighted by Crippen LogP contribution is 2.15. The Morgan fingerprint density at radius 2 is 1.76 bits per heavy atom. The lowest BCUT2D eigenvalue weighted by Crippen LogP contribution is -2.26. The Labute approximate surface area is 149 Å². The van der Waals surface area contributed by atoms with Gasteiger partial charge in [0, 0.05) is 12.2 Å². The van der Waals surface area contributed by atoms with Gasteiger partial charge in [-0.15, -0.1) is 0 Å². The molecule has 134 valence electrons. The molecule has 0 aliphatic heterocycles. The van der Waals surface area contributed by atoms with Crippen molar-refractivity contribution >= 4 is 11.8 Å². The van der Waals surface area contributed by atoms with Gasteiger partial charge in [-0.05, 0) is 56.3 Å². The molecular formula is C20H26N2O3. The van der Waals surface area contributed by atoms with E-state index in [9.17, 15) is 4.79 Å². The zero-order valence-electron chi connectivity index (χ0n) is 14.9. The van der Waals surface area contributed by atoms with Gasteiger partial charge in [0.25, 0.3) is 0 Å². The van der Waals surface area contributed by atoms with E-state index in [1.165, 1.54) is 5.56 Å². The second kappa shape index (κ2) is 10.4. The Balaban J connectivity index is 1.58. The normalized spacial score (nSPS) is 10.5. The molecule has 0 heterocycles. The first-order chi connectivity index (χ1) is 12.2. The molecule has 0 fully saturated rings. The van der Waals surface area contributed by atoms with Crippen molar-refractivity contribution in [2.24, 2.45) is 0 Å². The van der Waals surface area contributed by atoms with Crippen LogP contribution in [-0.4, -0.2) is 44.8 Å². The number of nitrogens with one attached hydrogen (secondary N) is 1. The number of aryl methyl sites for hydroxylation is 1. The molecule has 0 aliphatic rings. The Morgan fingerprint density at radius 1 is 1.04 bits per heavy atom. The lowest BCUT2D eigenvalue weighted by Gasteiger charge is -2.16. The predicted octanol–water partition coefficient (Wildman–Crippen LogP) is 3.81. The molecule has 25 heavy (non-hydrogen) atoms. The Morgan fingerprint density at radius 3 is 2.44 bits per heavy atom. The van der Waals surface area contributed by atoms with Crippen molar-refractivity contribution in [3.8, 4) is 5.75 Å². The smallest absolute Gasteiger partial charge is 0.411 e. The van der Waals surface area contributed by atoms with Gasteiger partial charge in [-0.1, -0.05) is 30.3 Å². The fourth-order valence-corrected chi connectivity index (χ4v) is 2.43. The molecular weight excluding hydrogens is 316 g/mol. The lowest BCUT2D eigenvalue weighted by molar-refractivity contribution is 0.146. The predicted molar refractivity (Wildman–Crippen MR) is 100 cm³/mol. The largest absolute Gasteiger partial charge is 0.497 e. The van der Waals surface area contributed by atoms with Crippen LogP contribution in [0, 0.1) is 0 Å². The van der Waals surface area contributed by atoms with E-state index in [0.717, 1.165) is 25.1 Å². The number of carbonyl (C=O) groups excluding carboxylic acids is 1. The van der Waals surface area contributed by atoms with Gasteiger partial charge in [0.1, 0.15) is 12.4 Å². The van der Waals surface area contributed by atoms with Crippen LogP contribution in [0.25, 0.3) is 0 Å². The van der Waals surface area contributed by atoms with Crippen LogP contribution in [0.5, 0.6) is 5.75 Å². The minimum atomic E-state index is -0.442. The van der Waals surface area contributed by atoms with Gasteiger partial charge >= 0.3 is 6.09 Å². The molecule has 2 aromatic carbocycles. The van der Waals surface area contributed by atoms with E-state index in [-0.39, 0.29) is 0 Å². The van der Waals surface area contributed by atoms with Crippen LogP contribution < -0.4 is 10.1 Å². The van der Waals surface area contributed by atoms with Crippen LogP contribution in [-0.2, 0) is 11.2 Å².